The van der Waals surface area contributed by atoms with Crippen LogP contribution in [-0.2, 0) is 20.1 Å². The standard InChI is InChI=1S/C23H12N3S2.Ir/c1-3-7-18-14(5-1)15-6-2-4-8-19(15)26(18)20-13-17-21-16(9-12-27-21)22-24-10-11-25(22)23(17)28-20;/h1-8,10-13H;/q-1;. The van der Waals surface area contributed by atoms with E-state index in [1.807, 2.05) is 22.9 Å². The average Bonchev–Trinajstić information content (AvgIpc) is 3.49. The smallest absolute Gasteiger partial charge is 0.102 e. The fourth-order valence-corrected chi connectivity index (χ4v) is 6.36. The molecule has 29 heavy (non-hydrogen) atoms. The molecule has 3 nitrogen and oxygen atoms in total. The summed E-state index contributed by atoms with van der Waals surface area (Å²) < 4.78 is 5.85. The number of benzene rings is 2. The van der Waals surface area contributed by atoms with Gasteiger partial charge in [0, 0.05) is 48.9 Å². The Morgan fingerprint density at radius 3 is 2.38 bits per heavy atom. The monoisotopic (exact) mass is 587 g/mol. The van der Waals surface area contributed by atoms with Crippen molar-refractivity contribution in [3.05, 3.63) is 78.4 Å². The zero-order chi connectivity index (χ0) is 18.2. The Labute approximate surface area is 187 Å². The summed E-state index contributed by atoms with van der Waals surface area (Å²) in [6, 6.07) is 23.0. The van der Waals surface area contributed by atoms with Crippen molar-refractivity contribution < 1.29 is 20.1 Å². The maximum absolute atomic E-state index is 4.58. The molecule has 0 atom stereocenters. The van der Waals surface area contributed by atoms with Crippen molar-refractivity contribution in [2.24, 2.45) is 0 Å². The summed E-state index contributed by atoms with van der Waals surface area (Å²) in [6.45, 7) is 0. The van der Waals surface area contributed by atoms with Gasteiger partial charge in [-0.1, -0.05) is 46.5 Å². The molecule has 0 aliphatic rings. The number of thiophene rings is 2. The molecule has 0 saturated heterocycles. The molecule has 0 aliphatic carbocycles. The van der Waals surface area contributed by atoms with Crippen LogP contribution in [0.2, 0.25) is 0 Å². The second-order valence-corrected chi connectivity index (χ2v) is 8.77. The largest absolute Gasteiger partial charge is 0.345 e. The Balaban J connectivity index is 0.00000165. The van der Waals surface area contributed by atoms with Crippen LogP contribution in [0.4, 0.5) is 0 Å². The molecule has 0 amide bonds. The maximum Gasteiger partial charge on any atom is 0.102 e. The molecule has 0 unspecified atom stereocenters. The summed E-state index contributed by atoms with van der Waals surface area (Å²) in [5, 5.41) is 8.22. The third-order valence-corrected chi connectivity index (χ3v) is 7.45. The second kappa shape index (κ2) is 6.25. The molecule has 0 spiro atoms. The van der Waals surface area contributed by atoms with Gasteiger partial charge in [0.2, 0.25) is 0 Å². The number of pyridine rings is 1. The van der Waals surface area contributed by atoms with Crippen molar-refractivity contribution >= 4 is 70.4 Å². The van der Waals surface area contributed by atoms with Gasteiger partial charge in [-0.15, -0.1) is 16.7 Å². The predicted octanol–water partition coefficient (Wildman–Crippen LogP) is 6.66. The molecule has 1 radical (unpaired) electrons. The van der Waals surface area contributed by atoms with E-state index in [0.29, 0.717) is 0 Å². The van der Waals surface area contributed by atoms with Crippen LogP contribution < -0.4 is 0 Å². The Kier molecular flexibility index (Phi) is 3.74. The fraction of sp³-hybridized carbons (Fsp3) is 0. The van der Waals surface area contributed by atoms with Crippen molar-refractivity contribution in [2.75, 3.05) is 0 Å². The third kappa shape index (κ3) is 2.23. The third-order valence-electron chi connectivity index (χ3n) is 5.43. The first-order valence-electron chi connectivity index (χ1n) is 9.06. The van der Waals surface area contributed by atoms with Crippen LogP contribution in [0.25, 0.3) is 52.8 Å². The van der Waals surface area contributed by atoms with Gasteiger partial charge in [-0.2, -0.15) is 6.07 Å². The van der Waals surface area contributed by atoms with E-state index in [9.17, 15) is 0 Å². The van der Waals surface area contributed by atoms with Crippen molar-refractivity contribution in [1.82, 2.24) is 14.0 Å². The zero-order valence-corrected chi connectivity index (χ0v) is 18.9. The summed E-state index contributed by atoms with van der Waals surface area (Å²) in [5.41, 5.74) is 3.47. The van der Waals surface area contributed by atoms with Crippen LogP contribution in [0.3, 0.4) is 0 Å². The number of hydrogen-bond donors (Lipinski definition) is 0. The van der Waals surface area contributed by atoms with Crippen molar-refractivity contribution in [1.29, 1.82) is 0 Å². The van der Waals surface area contributed by atoms with E-state index < -0.39 is 0 Å². The minimum absolute atomic E-state index is 0. The van der Waals surface area contributed by atoms with E-state index >= 15 is 0 Å². The number of hydrogen-bond acceptors (Lipinski definition) is 3. The van der Waals surface area contributed by atoms with Crippen molar-refractivity contribution in [3.63, 3.8) is 0 Å². The summed E-state index contributed by atoms with van der Waals surface area (Å²) in [4.78, 5) is 5.81. The zero-order valence-electron chi connectivity index (χ0n) is 14.9. The van der Waals surface area contributed by atoms with Crippen LogP contribution in [0.15, 0.2) is 72.4 Å². The van der Waals surface area contributed by atoms with Gasteiger partial charge in [-0.3, -0.25) is 0 Å². The number of para-hydroxylation sites is 2. The molecule has 5 heterocycles. The van der Waals surface area contributed by atoms with E-state index in [1.165, 1.54) is 41.7 Å². The van der Waals surface area contributed by atoms with E-state index in [1.54, 1.807) is 11.3 Å². The first-order chi connectivity index (χ1) is 13.9. The first kappa shape index (κ1) is 17.4. The number of imidazole rings is 1. The number of rotatable bonds is 1. The molecule has 6 heteroatoms. The Bertz CT molecular complexity index is 1560. The molecule has 0 fully saturated rings. The molecule has 0 N–H and O–H groups in total. The van der Waals surface area contributed by atoms with E-state index in [4.69, 9.17) is 0 Å². The van der Waals surface area contributed by atoms with Crippen LogP contribution in [0.1, 0.15) is 0 Å². The second-order valence-electron chi connectivity index (χ2n) is 6.88. The van der Waals surface area contributed by atoms with E-state index in [0.717, 1.165) is 11.0 Å². The van der Waals surface area contributed by atoms with E-state index in [-0.39, 0.29) is 20.1 Å². The SMILES string of the molecule is [Ir].[c-]1csc2c1c1nccn1c1sc(-n3c4ccccc4c4ccccc43)cc21. The van der Waals surface area contributed by atoms with Crippen molar-refractivity contribution in [3.8, 4) is 5.00 Å². The molecule has 0 saturated carbocycles. The number of aromatic nitrogens is 3. The number of nitrogens with zero attached hydrogens (tertiary/aromatic N) is 3. The summed E-state index contributed by atoms with van der Waals surface area (Å²) in [5.74, 6) is 0. The molecule has 2 aromatic carbocycles. The molecule has 0 aliphatic heterocycles. The molecule has 0 bridgehead atoms. The quantitative estimate of drug-likeness (QED) is 0.197. The van der Waals surface area contributed by atoms with Gasteiger partial charge in [0.15, 0.2) is 0 Å². The average molecular weight is 587 g/mol. The molecule has 7 rings (SSSR count). The molecular weight excluding hydrogens is 575 g/mol. The van der Waals surface area contributed by atoms with Crippen LogP contribution >= 0.6 is 22.7 Å². The molecule has 5 aromatic heterocycles. The first-order valence-corrected chi connectivity index (χ1v) is 10.8. The molecular formula is C23H12IrN3S2-. The van der Waals surface area contributed by atoms with Gasteiger partial charge >= 0.3 is 0 Å². The van der Waals surface area contributed by atoms with Gasteiger partial charge in [0.1, 0.15) is 5.00 Å². The minimum atomic E-state index is 0. The summed E-state index contributed by atoms with van der Waals surface area (Å²) in [6.07, 6.45) is 3.92. The van der Waals surface area contributed by atoms with Crippen molar-refractivity contribution in [2.45, 2.75) is 0 Å². The van der Waals surface area contributed by atoms with Gasteiger partial charge in [-0.05, 0) is 23.6 Å². The summed E-state index contributed by atoms with van der Waals surface area (Å²) >= 11 is 3.56. The minimum Gasteiger partial charge on any atom is -0.345 e. The van der Waals surface area contributed by atoms with Crippen LogP contribution in [0, 0.1) is 6.07 Å². The Morgan fingerprint density at radius 1 is 0.897 bits per heavy atom. The summed E-state index contributed by atoms with van der Waals surface area (Å²) in [7, 11) is 0. The maximum atomic E-state index is 4.58. The fourth-order valence-electron chi connectivity index (χ4n) is 4.27. The van der Waals surface area contributed by atoms with Crippen LogP contribution in [0.5, 0.6) is 0 Å². The predicted molar refractivity (Wildman–Crippen MR) is 119 cm³/mol. The van der Waals surface area contributed by atoms with Crippen LogP contribution in [-0.4, -0.2) is 14.0 Å². The Hall–Kier alpha value is -2.50. The van der Waals surface area contributed by atoms with Gasteiger partial charge in [0.05, 0.1) is 15.9 Å². The van der Waals surface area contributed by atoms with Gasteiger partial charge in [-0.25, -0.2) is 11.3 Å². The topological polar surface area (TPSA) is 22.2 Å². The molecule has 7 aromatic rings. The van der Waals surface area contributed by atoms with Gasteiger partial charge < -0.3 is 14.0 Å². The van der Waals surface area contributed by atoms with E-state index in [2.05, 4.69) is 80.8 Å². The molecule has 141 valence electrons. The normalized spacial score (nSPS) is 11.9. The number of fused-ring (bicyclic) bond motifs is 9. The Morgan fingerprint density at radius 2 is 1.62 bits per heavy atom. The van der Waals surface area contributed by atoms with Gasteiger partial charge in [0.25, 0.3) is 0 Å².